The van der Waals surface area contributed by atoms with Crippen LogP contribution in [-0.4, -0.2) is 36.5 Å². The zero-order valence-corrected chi connectivity index (χ0v) is 13.8. The van der Waals surface area contributed by atoms with Gasteiger partial charge >= 0.3 is 0 Å². The Hall–Kier alpha value is -0.970. The van der Waals surface area contributed by atoms with Crippen LogP contribution >= 0.6 is 23.2 Å². The van der Waals surface area contributed by atoms with Gasteiger partial charge in [-0.3, -0.25) is 4.79 Å². The molecular weight excluding hydrogens is 323 g/mol. The van der Waals surface area contributed by atoms with Crippen LogP contribution in [0.2, 0.25) is 10.0 Å². The molecule has 2 aliphatic rings. The molecule has 1 heterocycles. The number of nitrogens with two attached hydrogens (primary N) is 1. The maximum atomic E-state index is 12.3. The summed E-state index contributed by atoms with van der Waals surface area (Å²) >= 11 is 11.9. The molecule has 1 aliphatic carbocycles. The molecular formula is C16H20Cl2N2O2. The lowest BCUT2D eigenvalue weighted by atomic mass is 9.98. The summed E-state index contributed by atoms with van der Waals surface area (Å²) in [6.45, 7) is 1.96. The topological polar surface area (TPSA) is 55.6 Å². The molecule has 0 radical (unpaired) electrons. The molecule has 3 unspecified atom stereocenters. The molecule has 3 rings (SSSR count). The van der Waals surface area contributed by atoms with E-state index >= 15 is 0 Å². The fourth-order valence-electron chi connectivity index (χ4n) is 3.51. The molecule has 2 N–H and O–H groups in total. The summed E-state index contributed by atoms with van der Waals surface area (Å²) in [5, 5.41) is 1.02. The maximum absolute atomic E-state index is 12.3. The molecule has 1 aliphatic heterocycles. The number of rotatable bonds is 4. The van der Waals surface area contributed by atoms with Crippen molar-refractivity contribution in [2.45, 2.75) is 25.3 Å². The zero-order valence-electron chi connectivity index (χ0n) is 12.3. The average Bonchev–Trinajstić information content (AvgIpc) is 3.04. The van der Waals surface area contributed by atoms with Gasteiger partial charge in [0, 0.05) is 24.2 Å². The Morgan fingerprint density at radius 1 is 1.32 bits per heavy atom. The normalized spacial score (nSPS) is 27.0. The van der Waals surface area contributed by atoms with Gasteiger partial charge in [0.2, 0.25) is 5.91 Å². The highest BCUT2D eigenvalue weighted by atomic mass is 35.5. The van der Waals surface area contributed by atoms with Gasteiger partial charge in [0.15, 0.2) is 0 Å². The Bertz CT molecular complexity index is 567. The number of halogens is 2. The minimum atomic E-state index is 0.131. The first-order valence-corrected chi connectivity index (χ1v) is 8.41. The number of nitrogens with zero attached hydrogens (tertiary/aromatic N) is 1. The van der Waals surface area contributed by atoms with Gasteiger partial charge in [-0.15, -0.1) is 0 Å². The number of fused-ring (bicyclic) bond motifs is 1. The number of benzene rings is 1. The minimum Gasteiger partial charge on any atom is -0.491 e. The number of ether oxygens (including phenoxy) is 1. The van der Waals surface area contributed by atoms with Gasteiger partial charge in [0.1, 0.15) is 5.75 Å². The molecule has 2 fully saturated rings. The highest BCUT2D eigenvalue weighted by molar-refractivity contribution is 6.35. The van der Waals surface area contributed by atoms with Crippen molar-refractivity contribution in [3.05, 3.63) is 28.2 Å². The third kappa shape index (κ3) is 3.34. The molecule has 3 atom stereocenters. The van der Waals surface area contributed by atoms with Crippen molar-refractivity contribution in [3.63, 3.8) is 0 Å². The molecule has 1 aromatic carbocycles. The lowest BCUT2D eigenvalue weighted by molar-refractivity contribution is -0.131. The third-order valence-electron chi connectivity index (χ3n) is 4.73. The number of amides is 1. The van der Waals surface area contributed by atoms with Crippen LogP contribution in [0.4, 0.5) is 0 Å². The monoisotopic (exact) mass is 342 g/mol. The highest BCUT2D eigenvalue weighted by Gasteiger charge is 2.42. The van der Waals surface area contributed by atoms with Gasteiger partial charge in [-0.05, 0) is 42.9 Å². The molecule has 4 nitrogen and oxygen atoms in total. The van der Waals surface area contributed by atoms with Gasteiger partial charge in [0.05, 0.1) is 18.1 Å². The molecule has 1 saturated heterocycles. The first-order chi connectivity index (χ1) is 10.5. The van der Waals surface area contributed by atoms with Crippen molar-refractivity contribution < 1.29 is 9.53 Å². The van der Waals surface area contributed by atoms with E-state index in [9.17, 15) is 4.79 Å². The lowest BCUT2D eigenvalue weighted by Gasteiger charge is -2.19. The van der Waals surface area contributed by atoms with Crippen molar-refractivity contribution >= 4 is 29.1 Å². The van der Waals surface area contributed by atoms with Crippen LogP contribution in [0.3, 0.4) is 0 Å². The summed E-state index contributed by atoms with van der Waals surface area (Å²) in [5.74, 6) is 1.76. The minimum absolute atomic E-state index is 0.131. The summed E-state index contributed by atoms with van der Waals surface area (Å²) < 4.78 is 5.57. The van der Waals surface area contributed by atoms with Crippen molar-refractivity contribution in [1.82, 2.24) is 4.90 Å². The quantitative estimate of drug-likeness (QED) is 0.915. The Morgan fingerprint density at radius 2 is 2.14 bits per heavy atom. The number of likely N-dealkylation sites (tertiary alicyclic amines) is 1. The van der Waals surface area contributed by atoms with Crippen LogP contribution < -0.4 is 10.5 Å². The van der Waals surface area contributed by atoms with Crippen LogP contribution in [-0.2, 0) is 4.79 Å². The maximum Gasteiger partial charge on any atom is 0.226 e. The average molecular weight is 343 g/mol. The van der Waals surface area contributed by atoms with Gasteiger partial charge < -0.3 is 15.4 Å². The highest BCUT2D eigenvalue weighted by Crippen LogP contribution is 2.37. The number of hydrogen-bond donors (Lipinski definition) is 1. The lowest BCUT2D eigenvalue weighted by Crippen LogP contribution is -2.34. The summed E-state index contributed by atoms with van der Waals surface area (Å²) in [6, 6.07) is 5.32. The predicted molar refractivity (Wildman–Crippen MR) is 87.3 cm³/mol. The molecule has 0 bridgehead atoms. The smallest absolute Gasteiger partial charge is 0.226 e. The van der Waals surface area contributed by atoms with Crippen molar-refractivity contribution in [2.75, 3.05) is 19.7 Å². The van der Waals surface area contributed by atoms with E-state index in [2.05, 4.69) is 0 Å². The first kappa shape index (κ1) is 15.9. The predicted octanol–water partition coefficient (Wildman–Crippen LogP) is 2.96. The summed E-state index contributed by atoms with van der Waals surface area (Å²) in [4.78, 5) is 14.2. The molecule has 120 valence electrons. The van der Waals surface area contributed by atoms with E-state index in [-0.39, 0.29) is 11.9 Å². The van der Waals surface area contributed by atoms with Gasteiger partial charge in [-0.1, -0.05) is 23.2 Å². The third-order valence-corrected chi connectivity index (χ3v) is 5.26. The first-order valence-electron chi connectivity index (χ1n) is 7.66. The number of hydrogen-bond acceptors (Lipinski definition) is 3. The van der Waals surface area contributed by atoms with E-state index in [1.165, 1.54) is 0 Å². The van der Waals surface area contributed by atoms with E-state index in [0.717, 1.165) is 25.9 Å². The fourth-order valence-corrected chi connectivity index (χ4v) is 3.97. The van der Waals surface area contributed by atoms with E-state index in [0.29, 0.717) is 40.7 Å². The van der Waals surface area contributed by atoms with E-state index < -0.39 is 0 Å². The van der Waals surface area contributed by atoms with Crippen LogP contribution in [0.25, 0.3) is 0 Å². The second kappa shape index (κ2) is 6.65. The molecule has 0 aromatic heterocycles. The Balaban J connectivity index is 1.47. The zero-order chi connectivity index (χ0) is 15.7. The Morgan fingerprint density at radius 3 is 2.86 bits per heavy atom. The van der Waals surface area contributed by atoms with Gasteiger partial charge in [0.25, 0.3) is 0 Å². The second-order valence-electron chi connectivity index (χ2n) is 6.14. The van der Waals surface area contributed by atoms with Crippen LogP contribution in [0.15, 0.2) is 18.2 Å². The van der Waals surface area contributed by atoms with E-state index in [4.69, 9.17) is 33.7 Å². The molecule has 22 heavy (non-hydrogen) atoms. The van der Waals surface area contributed by atoms with Crippen LogP contribution in [0.1, 0.15) is 19.3 Å². The summed E-state index contributed by atoms with van der Waals surface area (Å²) in [5.41, 5.74) is 6.10. The molecule has 6 heteroatoms. The van der Waals surface area contributed by atoms with Gasteiger partial charge in [-0.25, -0.2) is 0 Å². The van der Waals surface area contributed by atoms with Crippen LogP contribution in [0.5, 0.6) is 5.75 Å². The fraction of sp³-hybridized carbons (Fsp3) is 0.562. The Kier molecular flexibility index (Phi) is 4.81. The standard InChI is InChI=1S/C16H20Cl2N2O2/c17-11-2-4-15(13(18)7-11)22-6-5-16(21)20-8-10-1-3-14(19)12(10)9-20/h2,4,7,10,12,14H,1,3,5-6,8-9,19H2. The molecule has 1 amide bonds. The second-order valence-corrected chi connectivity index (χ2v) is 6.98. The SMILES string of the molecule is NC1CCC2CN(C(=O)CCOc3ccc(Cl)cc3Cl)CC12. The van der Waals surface area contributed by atoms with Crippen molar-refractivity contribution in [3.8, 4) is 5.75 Å². The van der Waals surface area contributed by atoms with E-state index in [1.807, 2.05) is 4.90 Å². The summed E-state index contributed by atoms with van der Waals surface area (Å²) in [6.07, 6.45) is 2.59. The van der Waals surface area contributed by atoms with Crippen LogP contribution in [0, 0.1) is 11.8 Å². The largest absolute Gasteiger partial charge is 0.491 e. The van der Waals surface area contributed by atoms with E-state index in [1.54, 1.807) is 18.2 Å². The number of carbonyl (C=O) groups excluding carboxylic acids is 1. The van der Waals surface area contributed by atoms with Crippen molar-refractivity contribution in [2.24, 2.45) is 17.6 Å². The Labute approximate surface area is 140 Å². The molecule has 1 saturated carbocycles. The van der Waals surface area contributed by atoms with Crippen molar-refractivity contribution in [1.29, 1.82) is 0 Å². The van der Waals surface area contributed by atoms with Gasteiger partial charge in [-0.2, -0.15) is 0 Å². The number of carbonyl (C=O) groups is 1. The molecule has 1 aromatic rings. The molecule has 0 spiro atoms. The summed E-state index contributed by atoms with van der Waals surface area (Å²) in [7, 11) is 0.